The smallest absolute Gasteiger partial charge is 0.398 e. The van der Waals surface area contributed by atoms with Crippen LogP contribution >= 0.6 is 0 Å². The highest BCUT2D eigenvalue weighted by atomic mass is 19.4. The molecule has 0 bridgehead atoms. The van der Waals surface area contributed by atoms with Crippen molar-refractivity contribution >= 4 is 23.3 Å². The van der Waals surface area contributed by atoms with Crippen LogP contribution in [0.4, 0.5) is 30.2 Å². The first-order chi connectivity index (χ1) is 11.0. The van der Waals surface area contributed by atoms with E-state index in [2.05, 4.69) is 23.7 Å². The van der Waals surface area contributed by atoms with E-state index in [-0.39, 0.29) is 18.3 Å². The van der Waals surface area contributed by atoms with Crippen molar-refractivity contribution in [2.24, 2.45) is 10.4 Å². The maximum Gasteiger partial charge on any atom is 0.413 e. The third-order valence-corrected chi connectivity index (χ3v) is 4.97. The van der Waals surface area contributed by atoms with Gasteiger partial charge in [-0.15, -0.1) is 0 Å². The molecule has 1 saturated heterocycles. The first-order valence-corrected chi connectivity index (χ1v) is 8.10. The van der Waals surface area contributed by atoms with Gasteiger partial charge in [0.05, 0.1) is 11.4 Å². The second-order valence-corrected chi connectivity index (χ2v) is 7.63. The van der Waals surface area contributed by atoms with Crippen molar-refractivity contribution in [3.8, 4) is 0 Å². The Morgan fingerprint density at radius 2 is 1.75 bits per heavy atom. The lowest BCUT2D eigenvalue weighted by molar-refractivity contribution is -0.155. The molecule has 0 unspecified atom stereocenters. The molecule has 24 heavy (non-hydrogen) atoms. The normalized spacial score (nSPS) is 22.3. The molecule has 0 atom stereocenters. The van der Waals surface area contributed by atoms with Gasteiger partial charge in [0.25, 0.3) is 0 Å². The summed E-state index contributed by atoms with van der Waals surface area (Å²) < 4.78 is 39.3. The van der Waals surface area contributed by atoms with Crippen LogP contribution in [0.25, 0.3) is 0 Å². The second kappa shape index (κ2) is 5.29. The van der Waals surface area contributed by atoms with Gasteiger partial charge in [-0.2, -0.15) is 13.2 Å². The molecule has 0 radical (unpaired) electrons. The summed E-state index contributed by atoms with van der Waals surface area (Å²) in [5.41, 5.74) is 12.4. The molecule has 1 saturated carbocycles. The van der Waals surface area contributed by atoms with Gasteiger partial charge in [0, 0.05) is 30.6 Å². The first kappa shape index (κ1) is 16.9. The minimum atomic E-state index is -4.33. The number of alkyl halides is 3. The summed E-state index contributed by atoms with van der Waals surface area (Å²) in [5.74, 6) is 0. The fourth-order valence-corrected chi connectivity index (χ4v) is 3.22. The maximum absolute atomic E-state index is 13.1. The van der Waals surface area contributed by atoms with Crippen molar-refractivity contribution in [1.82, 2.24) is 0 Å². The van der Waals surface area contributed by atoms with E-state index >= 15 is 0 Å². The van der Waals surface area contributed by atoms with Crippen molar-refractivity contribution in [3.05, 3.63) is 17.7 Å². The molecule has 2 aliphatic rings. The number of hydrogen-bond donors (Lipinski definition) is 2. The van der Waals surface area contributed by atoms with Gasteiger partial charge in [-0.1, -0.05) is 13.8 Å². The molecule has 0 spiro atoms. The van der Waals surface area contributed by atoms with Gasteiger partial charge in [-0.25, -0.2) is 0 Å². The Balaban J connectivity index is 1.98. The van der Waals surface area contributed by atoms with Crippen LogP contribution in [0.1, 0.15) is 38.7 Å². The van der Waals surface area contributed by atoms with Crippen LogP contribution in [0.5, 0.6) is 0 Å². The number of nitrogen functional groups attached to an aromatic ring is 2. The number of nitrogens with two attached hydrogens (primary N) is 2. The Hall–Kier alpha value is -1.92. The van der Waals surface area contributed by atoms with E-state index in [1.165, 1.54) is 6.21 Å². The Morgan fingerprint density at radius 1 is 1.12 bits per heavy atom. The molecule has 1 aromatic rings. The largest absolute Gasteiger partial charge is 0.413 e. The van der Waals surface area contributed by atoms with Gasteiger partial charge in [0.2, 0.25) is 0 Å². The predicted octanol–water partition coefficient (Wildman–Crippen LogP) is 3.60. The zero-order valence-corrected chi connectivity index (χ0v) is 14.0. The van der Waals surface area contributed by atoms with Gasteiger partial charge in [-0.05, 0) is 36.8 Å². The number of hydrogen-bond acceptors (Lipinski definition) is 4. The third kappa shape index (κ3) is 2.91. The number of rotatable bonds is 3. The van der Waals surface area contributed by atoms with E-state index < -0.39 is 11.7 Å². The van der Waals surface area contributed by atoms with E-state index in [0.29, 0.717) is 22.6 Å². The molecule has 4 N–H and O–H groups in total. The summed E-state index contributed by atoms with van der Waals surface area (Å²) in [6.45, 7) is 5.90. The van der Waals surface area contributed by atoms with Crippen LogP contribution in [0.15, 0.2) is 17.1 Å². The third-order valence-electron chi connectivity index (χ3n) is 4.97. The molecular formula is C17H23F3N4. The predicted molar refractivity (Wildman–Crippen MR) is 91.5 cm³/mol. The minimum absolute atomic E-state index is 0.0291. The zero-order chi connectivity index (χ0) is 17.8. The lowest BCUT2D eigenvalue weighted by Gasteiger charge is -2.25. The van der Waals surface area contributed by atoms with Crippen LogP contribution in [0, 0.1) is 5.41 Å². The highest BCUT2D eigenvalue weighted by Gasteiger charge is 2.63. The van der Waals surface area contributed by atoms with Crippen molar-refractivity contribution < 1.29 is 13.2 Å². The van der Waals surface area contributed by atoms with Crippen LogP contribution in [0.2, 0.25) is 0 Å². The number of anilines is 3. The Labute approximate surface area is 139 Å². The topological polar surface area (TPSA) is 67.6 Å². The molecule has 1 aromatic carbocycles. The summed E-state index contributed by atoms with van der Waals surface area (Å²) in [7, 11) is 0. The fraction of sp³-hybridized carbons (Fsp3) is 0.588. The Morgan fingerprint density at radius 3 is 2.25 bits per heavy atom. The highest BCUT2D eigenvalue weighted by Crippen LogP contribution is 2.52. The molecule has 3 rings (SSSR count). The maximum atomic E-state index is 13.1. The molecule has 0 aromatic heterocycles. The number of aliphatic imine (C=N–C) groups is 1. The van der Waals surface area contributed by atoms with Gasteiger partial charge in [0.1, 0.15) is 0 Å². The molecule has 7 heteroatoms. The molecule has 2 fully saturated rings. The van der Waals surface area contributed by atoms with E-state index in [1.807, 2.05) is 0 Å². The average Bonchev–Trinajstić information content (AvgIpc) is 3.18. The number of benzene rings is 1. The summed E-state index contributed by atoms with van der Waals surface area (Å²) >= 11 is 0. The minimum Gasteiger partial charge on any atom is -0.398 e. The van der Waals surface area contributed by atoms with E-state index in [9.17, 15) is 13.2 Å². The molecule has 1 aliphatic carbocycles. The summed E-state index contributed by atoms with van der Waals surface area (Å²) in [5, 5.41) is 0. The summed E-state index contributed by atoms with van der Waals surface area (Å²) in [6, 6.07) is 3.32. The van der Waals surface area contributed by atoms with Crippen LogP contribution in [-0.2, 0) is 0 Å². The highest BCUT2D eigenvalue weighted by molar-refractivity contribution is 5.99. The standard InChI is InChI=1S/C17H23F3N4/c1-15(2)7-8-24(10-15)14-11(12(21)3-4-13(14)22)9-23-16(5-6-16)17(18,19)20/h3-4,9H,5-8,10,21-22H2,1-2H3. The van der Waals surface area contributed by atoms with E-state index in [0.717, 1.165) is 19.5 Å². The van der Waals surface area contributed by atoms with Gasteiger partial charge >= 0.3 is 6.18 Å². The van der Waals surface area contributed by atoms with Crippen molar-refractivity contribution in [2.75, 3.05) is 29.5 Å². The molecule has 1 aliphatic heterocycles. The van der Waals surface area contributed by atoms with Crippen molar-refractivity contribution in [2.45, 2.75) is 44.8 Å². The number of halogens is 3. The number of nitrogens with zero attached hydrogens (tertiary/aromatic N) is 2. The molecule has 4 nitrogen and oxygen atoms in total. The lowest BCUT2D eigenvalue weighted by atomic mass is 9.93. The Kier molecular flexibility index (Phi) is 3.73. The van der Waals surface area contributed by atoms with Crippen LogP contribution in [0.3, 0.4) is 0 Å². The molecular weight excluding hydrogens is 317 g/mol. The van der Waals surface area contributed by atoms with E-state index in [4.69, 9.17) is 11.5 Å². The van der Waals surface area contributed by atoms with Crippen LogP contribution < -0.4 is 16.4 Å². The second-order valence-electron chi connectivity index (χ2n) is 7.63. The first-order valence-electron chi connectivity index (χ1n) is 8.10. The molecule has 132 valence electrons. The van der Waals surface area contributed by atoms with Gasteiger partial charge < -0.3 is 16.4 Å². The Bertz CT molecular complexity index is 675. The molecule has 0 amide bonds. The van der Waals surface area contributed by atoms with E-state index in [1.54, 1.807) is 12.1 Å². The van der Waals surface area contributed by atoms with Crippen molar-refractivity contribution in [3.63, 3.8) is 0 Å². The fourth-order valence-electron chi connectivity index (χ4n) is 3.22. The SMILES string of the molecule is CC1(C)CCN(c2c(N)ccc(N)c2C=NC2(C(F)(F)F)CC2)C1. The monoisotopic (exact) mass is 340 g/mol. The lowest BCUT2D eigenvalue weighted by Crippen LogP contribution is -2.29. The zero-order valence-electron chi connectivity index (χ0n) is 14.0. The molecule has 1 heterocycles. The van der Waals surface area contributed by atoms with Crippen molar-refractivity contribution in [1.29, 1.82) is 0 Å². The van der Waals surface area contributed by atoms with Gasteiger partial charge in [0.15, 0.2) is 5.54 Å². The van der Waals surface area contributed by atoms with Crippen LogP contribution in [-0.4, -0.2) is 31.0 Å². The van der Waals surface area contributed by atoms with Gasteiger partial charge in [-0.3, -0.25) is 4.99 Å². The average molecular weight is 340 g/mol. The summed E-state index contributed by atoms with van der Waals surface area (Å²) in [4.78, 5) is 5.96. The quantitative estimate of drug-likeness (QED) is 0.652. The summed E-state index contributed by atoms with van der Waals surface area (Å²) in [6.07, 6.45) is -2.01.